The summed E-state index contributed by atoms with van der Waals surface area (Å²) in [6, 6.07) is 16.7. The first-order valence-corrected chi connectivity index (χ1v) is 8.86. The van der Waals surface area contributed by atoms with Crippen molar-refractivity contribution < 1.29 is 14.3 Å². The van der Waals surface area contributed by atoms with Crippen LogP contribution in [0.15, 0.2) is 67.0 Å². The van der Waals surface area contributed by atoms with Gasteiger partial charge in [-0.1, -0.05) is 24.3 Å². The van der Waals surface area contributed by atoms with Gasteiger partial charge in [0.15, 0.2) is 5.72 Å². The highest BCUT2D eigenvalue weighted by atomic mass is 19.1. The lowest BCUT2D eigenvalue weighted by atomic mass is 9.93. The number of carbonyl (C=O) groups is 1. The van der Waals surface area contributed by atoms with Gasteiger partial charge in [0.1, 0.15) is 5.82 Å². The molecule has 3 aromatic carbocycles. The van der Waals surface area contributed by atoms with Crippen molar-refractivity contribution in [3.05, 3.63) is 95.1 Å². The Bertz CT molecular complexity index is 1250. The van der Waals surface area contributed by atoms with Gasteiger partial charge in [0.05, 0.1) is 17.4 Å². The third-order valence-corrected chi connectivity index (χ3v) is 5.28. The third-order valence-electron chi connectivity index (χ3n) is 5.28. The van der Waals surface area contributed by atoms with Crippen LogP contribution in [0.1, 0.15) is 27.0 Å². The molecule has 1 atom stereocenters. The summed E-state index contributed by atoms with van der Waals surface area (Å²) in [5, 5.41) is 11.9. The van der Waals surface area contributed by atoms with Gasteiger partial charge in [-0.15, -0.1) is 0 Å². The summed E-state index contributed by atoms with van der Waals surface area (Å²) >= 11 is 0. The van der Waals surface area contributed by atoms with Crippen LogP contribution in [0.3, 0.4) is 0 Å². The van der Waals surface area contributed by atoms with E-state index in [1.54, 1.807) is 61.8 Å². The second kappa shape index (κ2) is 5.74. The van der Waals surface area contributed by atoms with Gasteiger partial charge < -0.3 is 10.1 Å². The summed E-state index contributed by atoms with van der Waals surface area (Å²) in [6.07, 6.45) is 1.58. The van der Waals surface area contributed by atoms with Crippen LogP contribution >= 0.6 is 0 Å². The lowest BCUT2D eigenvalue weighted by Gasteiger charge is -2.35. The van der Waals surface area contributed by atoms with Gasteiger partial charge in [-0.2, -0.15) is 0 Å². The summed E-state index contributed by atoms with van der Waals surface area (Å²) in [6.45, 7) is 1.63. The predicted molar refractivity (Wildman–Crippen MR) is 103 cm³/mol. The van der Waals surface area contributed by atoms with E-state index in [4.69, 9.17) is 0 Å². The highest BCUT2D eigenvalue weighted by molar-refractivity contribution is 6.12. The number of aromatic nitrogens is 2. The number of aryl methyl sites for hydroxylation is 1. The van der Waals surface area contributed by atoms with E-state index in [2.05, 4.69) is 9.97 Å². The highest BCUT2D eigenvalue weighted by Crippen LogP contribution is 2.45. The van der Waals surface area contributed by atoms with E-state index >= 15 is 0 Å². The SMILES string of the molecule is Cc1cc(N2C(=O)c3ccccc3C2(O)c2ccc3nc[nH]c3c2)ccc1F. The van der Waals surface area contributed by atoms with E-state index in [-0.39, 0.29) is 11.7 Å². The van der Waals surface area contributed by atoms with Crippen molar-refractivity contribution >= 4 is 22.6 Å². The second-order valence-corrected chi connectivity index (χ2v) is 6.93. The van der Waals surface area contributed by atoms with E-state index < -0.39 is 5.72 Å². The topological polar surface area (TPSA) is 69.2 Å². The molecule has 0 aliphatic carbocycles. The van der Waals surface area contributed by atoms with Crippen LogP contribution in [0.5, 0.6) is 0 Å². The Kier molecular flexibility index (Phi) is 3.41. The van der Waals surface area contributed by atoms with Crippen molar-refractivity contribution in [2.75, 3.05) is 4.90 Å². The van der Waals surface area contributed by atoms with Crippen LogP contribution < -0.4 is 4.90 Å². The first kappa shape index (κ1) is 16.6. The molecule has 1 aromatic heterocycles. The molecule has 0 saturated heterocycles. The number of hydrogen-bond donors (Lipinski definition) is 2. The molecule has 1 aliphatic heterocycles. The number of rotatable bonds is 2. The van der Waals surface area contributed by atoms with Gasteiger partial charge in [-0.25, -0.2) is 9.37 Å². The number of carbonyl (C=O) groups excluding carboxylic acids is 1. The molecular weight excluding hydrogens is 357 g/mol. The van der Waals surface area contributed by atoms with Gasteiger partial charge in [0, 0.05) is 22.4 Å². The molecule has 0 spiro atoms. The molecule has 1 aliphatic rings. The molecule has 28 heavy (non-hydrogen) atoms. The summed E-state index contributed by atoms with van der Waals surface area (Å²) in [5.41, 5.74) is 2.02. The molecule has 5 nitrogen and oxygen atoms in total. The van der Waals surface area contributed by atoms with Crippen molar-refractivity contribution in [1.82, 2.24) is 9.97 Å². The smallest absolute Gasteiger partial charge is 0.261 e. The Balaban J connectivity index is 1.79. The fourth-order valence-electron chi connectivity index (χ4n) is 3.87. The number of aliphatic hydroxyl groups is 1. The molecule has 6 heteroatoms. The van der Waals surface area contributed by atoms with Crippen LogP contribution in [0.2, 0.25) is 0 Å². The molecule has 5 rings (SSSR count). The van der Waals surface area contributed by atoms with E-state index in [0.29, 0.717) is 27.9 Å². The van der Waals surface area contributed by atoms with E-state index in [9.17, 15) is 14.3 Å². The highest BCUT2D eigenvalue weighted by Gasteiger charge is 2.50. The first-order valence-electron chi connectivity index (χ1n) is 8.86. The molecule has 0 fully saturated rings. The standard InChI is InChI=1S/C22H16FN3O2/c1-13-10-15(7-8-18(13)23)26-21(27)16-4-2-3-5-17(16)22(26,28)14-6-9-19-20(11-14)25-12-24-19/h2-12,28H,1H3,(H,24,25). The van der Waals surface area contributed by atoms with Gasteiger partial charge in [0.2, 0.25) is 0 Å². The van der Waals surface area contributed by atoms with Gasteiger partial charge in [-0.05, 0) is 48.9 Å². The van der Waals surface area contributed by atoms with E-state index in [1.807, 2.05) is 0 Å². The summed E-state index contributed by atoms with van der Waals surface area (Å²) < 4.78 is 13.8. The number of imidazole rings is 1. The Hall–Kier alpha value is -3.51. The molecule has 2 heterocycles. The number of H-pyrrole nitrogens is 1. The van der Waals surface area contributed by atoms with E-state index in [1.165, 1.54) is 17.0 Å². The van der Waals surface area contributed by atoms with Crippen LogP contribution in [0, 0.1) is 12.7 Å². The molecule has 1 unspecified atom stereocenters. The van der Waals surface area contributed by atoms with Crippen LogP contribution in [0.4, 0.5) is 10.1 Å². The molecule has 0 radical (unpaired) electrons. The fraction of sp³-hybridized carbons (Fsp3) is 0.0909. The Morgan fingerprint density at radius 3 is 2.75 bits per heavy atom. The minimum atomic E-state index is -1.72. The van der Waals surface area contributed by atoms with Crippen LogP contribution in [0.25, 0.3) is 11.0 Å². The number of nitrogens with one attached hydrogen (secondary N) is 1. The molecular formula is C22H16FN3O2. The van der Waals surface area contributed by atoms with Gasteiger partial charge >= 0.3 is 0 Å². The Morgan fingerprint density at radius 1 is 1.11 bits per heavy atom. The average molecular weight is 373 g/mol. The lowest BCUT2D eigenvalue weighted by Crippen LogP contribution is -2.45. The lowest BCUT2D eigenvalue weighted by molar-refractivity contribution is 0.0704. The molecule has 0 bridgehead atoms. The number of halogens is 1. The summed E-state index contributed by atoms with van der Waals surface area (Å²) in [5.74, 6) is -0.704. The maximum absolute atomic E-state index is 13.8. The monoisotopic (exact) mass is 373 g/mol. The minimum absolute atomic E-state index is 0.339. The number of aromatic amines is 1. The van der Waals surface area contributed by atoms with Crippen molar-refractivity contribution in [3.63, 3.8) is 0 Å². The van der Waals surface area contributed by atoms with Crippen molar-refractivity contribution in [2.45, 2.75) is 12.6 Å². The van der Waals surface area contributed by atoms with Gasteiger partial charge in [-0.3, -0.25) is 9.69 Å². The van der Waals surface area contributed by atoms with E-state index in [0.717, 1.165) is 11.0 Å². The first-order chi connectivity index (χ1) is 13.5. The van der Waals surface area contributed by atoms with Crippen molar-refractivity contribution in [3.8, 4) is 0 Å². The predicted octanol–water partition coefficient (Wildman–Crippen LogP) is 3.86. The fourth-order valence-corrected chi connectivity index (χ4v) is 3.87. The maximum atomic E-state index is 13.8. The number of benzene rings is 3. The molecule has 0 saturated carbocycles. The summed E-state index contributed by atoms with van der Waals surface area (Å²) in [4.78, 5) is 21.8. The number of nitrogens with zero attached hydrogens (tertiary/aromatic N) is 2. The zero-order valence-electron chi connectivity index (χ0n) is 15.0. The third kappa shape index (κ3) is 2.15. The van der Waals surface area contributed by atoms with Crippen molar-refractivity contribution in [1.29, 1.82) is 0 Å². The molecule has 138 valence electrons. The number of fused-ring (bicyclic) bond motifs is 2. The quantitative estimate of drug-likeness (QED) is 0.561. The number of hydrogen-bond acceptors (Lipinski definition) is 3. The minimum Gasteiger partial charge on any atom is -0.363 e. The Morgan fingerprint density at radius 2 is 1.93 bits per heavy atom. The molecule has 4 aromatic rings. The van der Waals surface area contributed by atoms with Crippen LogP contribution in [-0.2, 0) is 5.72 Å². The summed E-state index contributed by atoms with van der Waals surface area (Å²) in [7, 11) is 0. The maximum Gasteiger partial charge on any atom is 0.261 e. The largest absolute Gasteiger partial charge is 0.363 e. The second-order valence-electron chi connectivity index (χ2n) is 6.93. The number of anilines is 1. The Labute approximate surface area is 160 Å². The molecule has 1 amide bonds. The normalized spacial score (nSPS) is 18.7. The zero-order chi connectivity index (χ0) is 19.5. The average Bonchev–Trinajstić information content (AvgIpc) is 3.26. The van der Waals surface area contributed by atoms with Crippen molar-refractivity contribution in [2.24, 2.45) is 0 Å². The molecule has 2 N–H and O–H groups in total. The van der Waals surface area contributed by atoms with Crippen LogP contribution in [-0.4, -0.2) is 21.0 Å². The van der Waals surface area contributed by atoms with Gasteiger partial charge in [0.25, 0.3) is 5.91 Å². The number of amides is 1. The zero-order valence-corrected chi connectivity index (χ0v) is 15.0.